The first-order valence-electron chi connectivity index (χ1n) is 6.37. The van der Waals surface area contributed by atoms with Crippen molar-refractivity contribution in [1.29, 1.82) is 5.26 Å². The molecule has 100 valence electrons. The fourth-order valence-electron chi connectivity index (χ4n) is 1.58. The molecule has 0 saturated carbocycles. The molecule has 18 heavy (non-hydrogen) atoms. The number of unbranched alkanes of at least 4 members (excludes halogenated alkanes) is 1. The summed E-state index contributed by atoms with van der Waals surface area (Å²) in [6, 6.07) is 2.00. The fourth-order valence-corrected chi connectivity index (χ4v) is 1.58. The normalized spacial score (nSPS) is 12.7. The molecule has 0 aliphatic heterocycles. The van der Waals surface area contributed by atoms with Crippen LogP contribution in [0.15, 0.2) is 23.8 Å². The zero-order valence-corrected chi connectivity index (χ0v) is 11.7. The van der Waals surface area contributed by atoms with Gasteiger partial charge >= 0.3 is 5.97 Å². The van der Waals surface area contributed by atoms with Crippen molar-refractivity contribution in [1.82, 2.24) is 0 Å². The lowest BCUT2D eigenvalue weighted by atomic mass is 10.0. The van der Waals surface area contributed by atoms with Gasteiger partial charge in [-0.05, 0) is 46.5 Å². The van der Waals surface area contributed by atoms with Crippen LogP contribution in [-0.4, -0.2) is 12.6 Å². The number of rotatable bonds is 8. The van der Waals surface area contributed by atoms with Gasteiger partial charge in [0.15, 0.2) is 0 Å². The molecule has 0 radical (unpaired) electrons. The third-order valence-corrected chi connectivity index (χ3v) is 2.55. The number of nitriles is 1. The summed E-state index contributed by atoms with van der Waals surface area (Å²) in [6.07, 6.45) is 5.58. The second kappa shape index (κ2) is 9.47. The molecule has 3 heteroatoms. The average molecular weight is 249 g/mol. The second-order valence-corrected chi connectivity index (χ2v) is 4.54. The number of hydrogen-bond donors (Lipinski definition) is 0. The van der Waals surface area contributed by atoms with E-state index in [1.807, 2.05) is 19.9 Å². The van der Waals surface area contributed by atoms with Gasteiger partial charge in [0, 0.05) is 0 Å². The molecule has 0 aromatic rings. The molecule has 0 aromatic heterocycles. The van der Waals surface area contributed by atoms with Crippen molar-refractivity contribution in [3.8, 4) is 6.07 Å². The molecule has 0 amide bonds. The lowest BCUT2D eigenvalue weighted by molar-refractivity contribution is -0.145. The Hall–Kier alpha value is -1.56. The van der Waals surface area contributed by atoms with E-state index in [2.05, 4.69) is 12.7 Å². The zero-order valence-electron chi connectivity index (χ0n) is 11.7. The van der Waals surface area contributed by atoms with E-state index in [0.29, 0.717) is 13.0 Å². The quantitative estimate of drug-likeness (QED) is 0.374. The Kier molecular flexibility index (Phi) is 8.65. The van der Waals surface area contributed by atoms with Crippen LogP contribution in [0.2, 0.25) is 0 Å². The van der Waals surface area contributed by atoms with E-state index in [-0.39, 0.29) is 0 Å². The van der Waals surface area contributed by atoms with Gasteiger partial charge in [-0.1, -0.05) is 17.2 Å². The SMILES string of the molecule is C=C(C)CCCC=C(C)CC(C#N)C(=O)OCC. The summed E-state index contributed by atoms with van der Waals surface area (Å²) in [5, 5.41) is 8.93. The molecular formula is C15H23NO2. The number of hydrogen-bond acceptors (Lipinski definition) is 3. The molecular weight excluding hydrogens is 226 g/mol. The highest BCUT2D eigenvalue weighted by atomic mass is 16.5. The standard InChI is InChI=1S/C15H23NO2/c1-5-18-15(17)14(11-16)10-13(4)9-7-6-8-12(2)3/h9,14H,2,5-8,10H2,1,3-4H3. The van der Waals surface area contributed by atoms with E-state index in [1.54, 1.807) is 6.92 Å². The molecule has 0 aromatic carbocycles. The number of nitrogens with zero attached hydrogens (tertiary/aromatic N) is 1. The largest absolute Gasteiger partial charge is 0.465 e. The van der Waals surface area contributed by atoms with Gasteiger partial charge in [0.25, 0.3) is 0 Å². The van der Waals surface area contributed by atoms with Gasteiger partial charge in [0.1, 0.15) is 5.92 Å². The summed E-state index contributed by atoms with van der Waals surface area (Å²) in [7, 11) is 0. The van der Waals surface area contributed by atoms with Crippen molar-refractivity contribution in [3.05, 3.63) is 23.8 Å². The number of carbonyl (C=O) groups is 1. The molecule has 0 saturated heterocycles. The van der Waals surface area contributed by atoms with Crippen molar-refractivity contribution in [2.24, 2.45) is 5.92 Å². The Bertz CT molecular complexity index is 350. The predicted octanol–water partition coefficient (Wildman–Crippen LogP) is 3.77. The van der Waals surface area contributed by atoms with Crippen molar-refractivity contribution in [2.45, 2.75) is 46.5 Å². The smallest absolute Gasteiger partial charge is 0.323 e. The highest BCUT2D eigenvalue weighted by Crippen LogP contribution is 2.14. The van der Waals surface area contributed by atoms with E-state index in [1.165, 1.54) is 5.57 Å². The van der Waals surface area contributed by atoms with Crippen LogP contribution in [0, 0.1) is 17.2 Å². The molecule has 0 aliphatic carbocycles. The lowest BCUT2D eigenvalue weighted by Gasteiger charge is -2.08. The van der Waals surface area contributed by atoms with Gasteiger partial charge in [-0.3, -0.25) is 4.79 Å². The van der Waals surface area contributed by atoms with Crippen molar-refractivity contribution < 1.29 is 9.53 Å². The van der Waals surface area contributed by atoms with Crippen molar-refractivity contribution in [3.63, 3.8) is 0 Å². The highest BCUT2D eigenvalue weighted by Gasteiger charge is 2.19. The van der Waals surface area contributed by atoms with Gasteiger partial charge in [-0.2, -0.15) is 5.26 Å². The average Bonchev–Trinajstić information content (AvgIpc) is 2.31. The van der Waals surface area contributed by atoms with Crippen molar-refractivity contribution >= 4 is 5.97 Å². The third kappa shape index (κ3) is 7.67. The van der Waals surface area contributed by atoms with Gasteiger partial charge in [-0.25, -0.2) is 0 Å². The minimum Gasteiger partial charge on any atom is -0.465 e. The first-order chi connectivity index (χ1) is 8.51. The number of carbonyl (C=O) groups excluding carboxylic acids is 1. The van der Waals surface area contributed by atoms with Gasteiger partial charge in [0.05, 0.1) is 12.7 Å². The van der Waals surface area contributed by atoms with Crippen LogP contribution in [0.1, 0.15) is 46.5 Å². The van der Waals surface area contributed by atoms with E-state index >= 15 is 0 Å². The van der Waals surface area contributed by atoms with E-state index < -0.39 is 11.9 Å². The van der Waals surface area contributed by atoms with Crippen LogP contribution < -0.4 is 0 Å². The van der Waals surface area contributed by atoms with Crippen LogP contribution in [-0.2, 0) is 9.53 Å². The molecule has 0 bridgehead atoms. The first kappa shape index (κ1) is 16.4. The minimum absolute atomic E-state index is 0.318. The molecule has 0 aliphatic rings. The van der Waals surface area contributed by atoms with Crippen LogP contribution in [0.5, 0.6) is 0 Å². The summed E-state index contributed by atoms with van der Waals surface area (Å²) in [5.74, 6) is -1.10. The van der Waals surface area contributed by atoms with Gasteiger partial charge in [0.2, 0.25) is 0 Å². The molecule has 1 unspecified atom stereocenters. The Morgan fingerprint density at radius 3 is 2.67 bits per heavy atom. The number of esters is 1. The maximum Gasteiger partial charge on any atom is 0.323 e. The Balaban J connectivity index is 4.14. The third-order valence-electron chi connectivity index (χ3n) is 2.55. The summed E-state index contributed by atoms with van der Waals surface area (Å²) >= 11 is 0. The topological polar surface area (TPSA) is 50.1 Å². The monoisotopic (exact) mass is 249 g/mol. The Morgan fingerprint density at radius 1 is 1.50 bits per heavy atom. The highest BCUT2D eigenvalue weighted by molar-refractivity contribution is 5.75. The van der Waals surface area contributed by atoms with Crippen LogP contribution in [0.3, 0.4) is 0 Å². The zero-order chi connectivity index (χ0) is 14.0. The minimum atomic E-state index is -0.678. The molecule has 3 nitrogen and oxygen atoms in total. The molecule has 0 fully saturated rings. The van der Waals surface area contributed by atoms with Crippen molar-refractivity contribution in [2.75, 3.05) is 6.61 Å². The number of ether oxygens (including phenoxy) is 1. The summed E-state index contributed by atoms with van der Waals surface area (Å²) in [6.45, 7) is 9.88. The van der Waals surface area contributed by atoms with E-state index in [4.69, 9.17) is 10.00 Å². The fraction of sp³-hybridized carbons (Fsp3) is 0.600. The maximum absolute atomic E-state index is 11.4. The van der Waals surface area contributed by atoms with Crippen LogP contribution in [0.25, 0.3) is 0 Å². The van der Waals surface area contributed by atoms with E-state index in [9.17, 15) is 4.79 Å². The van der Waals surface area contributed by atoms with Crippen LogP contribution in [0.4, 0.5) is 0 Å². The lowest BCUT2D eigenvalue weighted by Crippen LogP contribution is -2.16. The second-order valence-electron chi connectivity index (χ2n) is 4.54. The van der Waals surface area contributed by atoms with Gasteiger partial charge < -0.3 is 4.74 Å². The summed E-state index contributed by atoms with van der Waals surface area (Å²) < 4.78 is 4.85. The van der Waals surface area contributed by atoms with E-state index in [0.717, 1.165) is 24.8 Å². The summed E-state index contributed by atoms with van der Waals surface area (Å²) in [5.41, 5.74) is 2.25. The van der Waals surface area contributed by atoms with Crippen LogP contribution >= 0.6 is 0 Å². The van der Waals surface area contributed by atoms with Gasteiger partial charge in [-0.15, -0.1) is 6.58 Å². The number of allylic oxidation sites excluding steroid dienone is 3. The Labute approximate surface area is 110 Å². The molecule has 0 heterocycles. The molecule has 0 N–H and O–H groups in total. The molecule has 0 rings (SSSR count). The maximum atomic E-state index is 11.4. The molecule has 0 spiro atoms. The molecule has 1 atom stereocenters. The Morgan fingerprint density at radius 2 is 2.17 bits per heavy atom. The summed E-state index contributed by atoms with van der Waals surface area (Å²) in [4.78, 5) is 11.4. The predicted molar refractivity (Wildman–Crippen MR) is 72.8 cm³/mol. The first-order valence-corrected chi connectivity index (χ1v) is 6.37.